The number of allylic oxidation sites excluding steroid dienone is 2. The lowest BCUT2D eigenvalue weighted by molar-refractivity contribution is -0.161. The van der Waals surface area contributed by atoms with Gasteiger partial charge < -0.3 is 15.6 Å². The third-order valence-electron chi connectivity index (χ3n) is 4.36. The molecular weight excluding hydrogens is 330 g/mol. The SMILES string of the molecule is CCCCCC/C=C/CCCCCCCCCC(=O)OC(=O)[C@@H](N)CO. The first-order valence-corrected chi connectivity index (χ1v) is 10.4. The molecule has 0 rings (SSSR count). The maximum Gasteiger partial charge on any atom is 0.332 e. The van der Waals surface area contributed by atoms with Gasteiger partial charge in [-0.1, -0.05) is 70.4 Å². The zero-order valence-electron chi connectivity index (χ0n) is 16.6. The van der Waals surface area contributed by atoms with Crippen molar-refractivity contribution < 1.29 is 19.4 Å². The summed E-state index contributed by atoms with van der Waals surface area (Å²) in [5.41, 5.74) is 5.27. The Morgan fingerprint density at radius 2 is 1.38 bits per heavy atom. The molecule has 0 heterocycles. The molecule has 1 atom stereocenters. The Bertz CT molecular complexity index is 382. The van der Waals surface area contributed by atoms with Crippen LogP contribution in [0.4, 0.5) is 0 Å². The molecular formula is C21H39NO4. The summed E-state index contributed by atoms with van der Waals surface area (Å²) in [6.07, 6.45) is 20.3. The van der Waals surface area contributed by atoms with Crippen LogP contribution in [-0.4, -0.2) is 29.7 Å². The number of hydrogen-bond acceptors (Lipinski definition) is 5. The van der Waals surface area contributed by atoms with Crippen molar-refractivity contribution in [2.24, 2.45) is 5.73 Å². The lowest BCUT2D eigenvalue weighted by Crippen LogP contribution is -2.36. The number of hydrogen-bond donors (Lipinski definition) is 2. The Balaban J connectivity index is 3.32. The molecule has 0 saturated carbocycles. The summed E-state index contributed by atoms with van der Waals surface area (Å²) in [4.78, 5) is 22.6. The zero-order valence-corrected chi connectivity index (χ0v) is 16.6. The standard InChI is InChI=1S/C21H39NO4/c1-2-3-4-5-6-7-8-9-10-11-12-13-14-15-16-17-20(24)26-21(25)19(22)18-23/h7-8,19,23H,2-6,9-18,22H2,1H3/b8-7+/t19-/m0/s1. The van der Waals surface area contributed by atoms with E-state index in [0.717, 1.165) is 19.3 Å². The van der Waals surface area contributed by atoms with Crippen molar-refractivity contribution in [2.45, 2.75) is 103 Å². The number of rotatable bonds is 17. The molecule has 0 saturated heterocycles. The second-order valence-electron chi connectivity index (χ2n) is 6.92. The maximum atomic E-state index is 11.4. The summed E-state index contributed by atoms with van der Waals surface area (Å²) in [5.74, 6) is -1.41. The van der Waals surface area contributed by atoms with Crippen molar-refractivity contribution in [1.29, 1.82) is 0 Å². The van der Waals surface area contributed by atoms with Crippen LogP contribution in [0.25, 0.3) is 0 Å². The van der Waals surface area contributed by atoms with Gasteiger partial charge in [0.05, 0.1) is 6.61 Å². The fourth-order valence-corrected chi connectivity index (χ4v) is 2.65. The van der Waals surface area contributed by atoms with E-state index >= 15 is 0 Å². The van der Waals surface area contributed by atoms with Crippen LogP contribution in [0, 0.1) is 0 Å². The fraction of sp³-hybridized carbons (Fsp3) is 0.810. The van der Waals surface area contributed by atoms with Gasteiger partial charge in [-0.05, 0) is 32.1 Å². The van der Waals surface area contributed by atoms with Gasteiger partial charge >= 0.3 is 11.9 Å². The van der Waals surface area contributed by atoms with Crippen molar-refractivity contribution in [3.63, 3.8) is 0 Å². The van der Waals surface area contributed by atoms with Crippen molar-refractivity contribution in [3.8, 4) is 0 Å². The Kier molecular flexibility index (Phi) is 17.7. The molecule has 26 heavy (non-hydrogen) atoms. The monoisotopic (exact) mass is 369 g/mol. The number of esters is 2. The number of ether oxygens (including phenoxy) is 1. The van der Waals surface area contributed by atoms with Gasteiger partial charge in [0.2, 0.25) is 0 Å². The van der Waals surface area contributed by atoms with Gasteiger partial charge in [-0.3, -0.25) is 4.79 Å². The largest absolute Gasteiger partial charge is 0.394 e. The lowest BCUT2D eigenvalue weighted by Gasteiger charge is -2.07. The Morgan fingerprint density at radius 1 is 0.885 bits per heavy atom. The van der Waals surface area contributed by atoms with E-state index in [1.54, 1.807) is 0 Å². The van der Waals surface area contributed by atoms with E-state index in [0.29, 0.717) is 0 Å². The smallest absolute Gasteiger partial charge is 0.332 e. The molecule has 5 nitrogen and oxygen atoms in total. The van der Waals surface area contributed by atoms with Crippen molar-refractivity contribution in [2.75, 3.05) is 6.61 Å². The summed E-state index contributed by atoms with van der Waals surface area (Å²) in [6, 6.07) is -1.13. The number of aliphatic hydroxyl groups is 1. The number of nitrogens with two attached hydrogens (primary N) is 1. The number of carbonyl (C=O) groups is 2. The molecule has 3 N–H and O–H groups in total. The highest BCUT2D eigenvalue weighted by molar-refractivity contribution is 5.88. The van der Waals surface area contributed by atoms with E-state index in [2.05, 4.69) is 23.8 Å². The van der Waals surface area contributed by atoms with Gasteiger partial charge in [0.15, 0.2) is 0 Å². The quantitative estimate of drug-likeness (QED) is 0.171. The second kappa shape index (κ2) is 18.6. The molecule has 152 valence electrons. The average molecular weight is 370 g/mol. The van der Waals surface area contributed by atoms with Crippen molar-refractivity contribution in [1.82, 2.24) is 0 Å². The molecule has 0 amide bonds. The first-order valence-electron chi connectivity index (χ1n) is 10.4. The van der Waals surface area contributed by atoms with Crippen LogP contribution >= 0.6 is 0 Å². The molecule has 0 radical (unpaired) electrons. The predicted octanol–water partition coefficient (Wildman–Crippen LogP) is 4.41. The predicted molar refractivity (Wildman–Crippen MR) is 106 cm³/mol. The van der Waals surface area contributed by atoms with E-state index in [9.17, 15) is 9.59 Å². The minimum atomic E-state index is -1.13. The van der Waals surface area contributed by atoms with E-state index in [4.69, 9.17) is 10.8 Å². The zero-order chi connectivity index (χ0) is 19.5. The van der Waals surface area contributed by atoms with Gasteiger partial charge in [-0.15, -0.1) is 0 Å². The topological polar surface area (TPSA) is 89.6 Å². The number of carbonyl (C=O) groups excluding carboxylic acids is 2. The molecule has 0 aliphatic carbocycles. The molecule has 0 aromatic heterocycles. The maximum absolute atomic E-state index is 11.4. The van der Waals surface area contributed by atoms with E-state index < -0.39 is 24.6 Å². The Hall–Kier alpha value is -1.20. The van der Waals surface area contributed by atoms with Gasteiger partial charge in [-0.2, -0.15) is 0 Å². The summed E-state index contributed by atoms with van der Waals surface area (Å²) in [6.45, 7) is 1.73. The van der Waals surface area contributed by atoms with Crippen molar-refractivity contribution in [3.05, 3.63) is 12.2 Å². The number of unbranched alkanes of at least 4 members (excludes halogenated alkanes) is 11. The highest BCUT2D eigenvalue weighted by Gasteiger charge is 2.17. The summed E-state index contributed by atoms with van der Waals surface area (Å²) in [7, 11) is 0. The average Bonchev–Trinajstić information content (AvgIpc) is 2.64. The minimum Gasteiger partial charge on any atom is -0.394 e. The minimum absolute atomic E-state index is 0.229. The summed E-state index contributed by atoms with van der Waals surface area (Å²) < 4.78 is 4.55. The van der Waals surface area contributed by atoms with Gasteiger partial charge in [0.25, 0.3) is 0 Å². The molecule has 0 aromatic carbocycles. The third kappa shape index (κ3) is 16.3. The molecule has 5 heteroatoms. The molecule has 0 spiro atoms. The molecule has 0 unspecified atom stereocenters. The van der Waals surface area contributed by atoms with Crippen LogP contribution in [-0.2, 0) is 14.3 Å². The molecule has 0 aliphatic rings. The van der Waals surface area contributed by atoms with Gasteiger partial charge in [0.1, 0.15) is 6.04 Å². The van der Waals surface area contributed by atoms with Crippen LogP contribution in [0.5, 0.6) is 0 Å². The van der Waals surface area contributed by atoms with Crippen LogP contribution in [0.15, 0.2) is 12.2 Å². The van der Waals surface area contributed by atoms with Crippen LogP contribution < -0.4 is 5.73 Å². The number of aliphatic hydroxyl groups excluding tert-OH is 1. The summed E-state index contributed by atoms with van der Waals surface area (Å²) in [5, 5.41) is 8.69. The van der Waals surface area contributed by atoms with Crippen LogP contribution in [0.2, 0.25) is 0 Å². The first kappa shape index (κ1) is 24.8. The molecule has 0 bridgehead atoms. The highest BCUT2D eigenvalue weighted by atomic mass is 16.6. The van der Waals surface area contributed by atoms with E-state index in [-0.39, 0.29) is 6.42 Å². The molecule has 0 aliphatic heterocycles. The normalized spacial score (nSPS) is 12.4. The van der Waals surface area contributed by atoms with Crippen molar-refractivity contribution >= 4 is 11.9 Å². The van der Waals surface area contributed by atoms with E-state index in [1.165, 1.54) is 64.2 Å². The van der Waals surface area contributed by atoms with Crippen LogP contribution in [0.1, 0.15) is 96.8 Å². The molecule has 0 aromatic rings. The fourth-order valence-electron chi connectivity index (χ4n) is 2.65. The molecule has 0 fully saturated rings. The van der Waals surface area contributed by atoms with E-state index in [1.807, 2.05) is 0 Å². The first-order chi connectivity index (χ1) is 12.6. The Morgan fingerprint density at radius 3 is 1.92 bits per heavy atom. The lowest BCUT2D eigenvalue weighted by atomic mass is 10.1. The second-order valence-corrected chi connectivity index (χ2v) is 6.92. The van der Waals surface area contributed by atoms with Crippen LogP contribution in [0.3, 0.4) is 0 Å². The third-order valence-corrected chi connectivity index (χ3v) is 4.36. The van der Waals surface area contributed by atoms with Gasteiger partial charge in [0, 0.05) is 6.42 Å². The Labute approximate surface area is 159 Å². The highest BCUT2D eigenvalue weighted by Crippen LogP contribution is 2.11. The summed E-state index contributed by atoms with van der Waals surface area (Å²) >= 11 is 0. The van der Waals surface area contributed by atoms with Gasteiger partial charge in [-0.25, -0.2) is 4.79 Å².